The van der Waals surface area contributed by atoms with Crippen LogP contribution >= 0.6 is 11.5 Å². The number of nitrogens with zero attached hydrogens (tertiary/aromatic N) is 4. The summed E-state index contributed by atoms with van der Waals surface area (Å²) in [5, 5.41) is 8.32. The van der Waals surface area contributed by atoms with Crippen molar-refractivity contribution in [3.8, 4) is 0 Å². The van der Waals surface area contributed by atoms with Gasteiger partial charge in [0.25, 0.3) is 5.91 Å². The number of pyridine rings is 1. The van der Waals surface area contributed by atoms with E-state index in [0.29, 0.717) is 11.3 Å². The molecule has 30 heavy (non-hydrogen) atoms. The lowest BCUT2D eigenvalue weighted by molar-refractivity contribution is -0.127. The topological polar surface area (TPSA) is 88.1 Å². The summed E-state index contributed by atoms with van der Waals surface area (Å²) in [6.45, 7) is 5.64. The van der Waals surface area contributed by atoms with Gasteiger partial charge in [-0.05, 0) is 62.1 Å². The Morgan fingerprint density at radius 1 is 1.17 bits per heavy atom. The van der Waals surface area contributed by atoms with Crippen LogP contribution in [-0.4, -0.2) is 36.8 Å². The summed E-state index contributed by atoms with van der Waals surface area (Å²) in [6, 6.07) is 9.95. The van der Waals surface area contributed by atoms with Crippen LogP contribution in [0.25, 0.3) is 0 Å². The molecule has 1 unspecified atom stereocenters. The maximum absolute atomic E-state index is 13.4. The normalized spacial score (nSPS) is 12.3. The molecule has 0 saturated heterocycles. The van der Waals surface area contributed by atoms with E-state index in [1.54, 1.807) is 36.5 Å². The third kappa shape index (κ3) is 5.44. The molecule has 3 rings (SSSR count). The first kappa shape index (κ1) is 21.5. The Hall–Kier alpha value is -3.20. The van der Waals surface area contributed by atoms with Gasteiger partial charge in [0.1, 0.15) is 5.82 Å². The maximum atomic E-state index is 13.4. The summed E-state index contributed by atoms with van der Waals surface area (Å²) in [6.07, 6.45) is 1.57. The Morgan fingerprint density at radius 2 is 1.90 bits per heavy atom. The molecule has 156 valence electrons. The monoisotopic (exact) mass is 427 g/mol. The first-order chi connectivity index (χ1) is 14.2. The minimum Gasteiger partial charge on any atom is -0.349 e. The predicted octanol–water partition coefficient (Wildman–Crippen LogP) is 3.37. The van der Waals surface area contributed by atoms with Gasteiger partial charge in [-0.3, -0.25) is 14.6 Å². The van der Waals surface area contributed by atoms with Crippen LogP contribution in [0.3, 0.4) is 0 Å². The van der Waals surface area contributed by atoms with Gasteiger partial charge >= 0.3 is 0 Å². The summed E-state index contributed by atoms with van der Waals surface area (Å²) >= 11 is 1.05. The number of benzene rings is 1. The molecular formula is C21H22FN5O2S. The number of halogens is 1. The molecule has 0 saturated carbocycles. The summed E-state index contributed by atoms with van der Waals surface area (Å²) < 4.78 is 17.1. The molecule has 2 heterocycles. The first-order valence-corrected chi connectivity index (χ1v) is 10.1. The Kier molecular flexibility index (Phi) is 6.51. The second kappa shape index (κ2) is 9.08. The average Bonchev–Trinajstić information content (AvgIpc) is 3.23. The first-order valence-electron chi connectivity index (χ1n) is 9.30. The summed E-state index contributed by atoms with van der Waals surface area (Å²) in [5.41, 5.74) is 0.693. The smallest absolute Gasteiger partial charge is 0.276 e. The van der Waals surface area contributed by atoms with Crippen molar-refractivity contribution in [1.82, 2.24) is 24.8 Å². The zero-order valence-electron chi connectivity index (χ0n) is 16.9. The van der Waals surface area contributed by atoms with E-state index in [2.05, 4.69) is 19.9 Å². The van der Waals surface area contributed by atoms with E-state index in [1.807, 2.05) is 20.8 Å². The van der Waals surface area contributed by atoms with Crippen LogP contribution in [0.15, 0.2) is 54.0 Å². The van der Waals surface area contributed by atoms with E-state index in [4.69, 9.17) is 0 Å². The highest BCUT2D eigenvalue weighted by atomic mass is 32.1. The van der Waals surface area contributed by atoms with E-state index >= 15 is 0 Å². The molecule has 0 aliphatic carbocycles. The van der Waals surface area contributed by atoms with E-state index < -0.39 is 17.5 Å². The number of hydrogen-bond donors (Lipinski definition) is 1. The van der Waals surface area contributed by atoms with E-state index in [9.17, 15) is 14.0 Å². The predicted molar refractivity (Wildman–Crippen MR) is 111 cm³/mol. The van der Waals surface area contributed by atoms with E-state index in [1.165, 1.54) is 22.4 Å². The number of carbonyl (C=O) groups excluding carboxylic acids is 2. The SMILES string of the molecule is CC(C)(C)NC(=O)C(c1ccccn1)N(Cc1ccc(F)cc1)C(=O)c1csnn1. The van der Waals surface area contributed by atoms with E-state index in [0.717, 1.165) is 11.5 Å². The van der Waals surface area contributed by atoms with Crippen molar-refractivity contribution >= 4 is 23.3 Å². The molecule has 2 amide bonds. The fourth-order valence-electron chi connectivity index (χ4n) is 2.88. The standard InChI is InChI=1S/C21H22FN5O2S/c1-21(2,3)24-19(28)18(16-6-4-5-11-23-16)27(20(29)17-13-30-26-25-17)12-14-7-9-15(22)10-8-14/h4-11,13,18H,12H2,1-3H3,(H,24,28). The number of hydrogen-bond acceptors (Lipinski definition) is 6. The van der Waals surface area contributed by atoms with Gasteiger partial charge in [0.05, 0.1) is 5.69 Å². The van der Waals surface area contributed by atoms with Crippen molar-refractivity contribution in [1.29, 1.82) is 0 Å². The number of carbonyl (C=O) groups is 2. The number of rotatable bonds is 6. The van der Waals surface area contributed by atoms with Gasteiger partial charge in [0.15, 0.2) is 11.7 Å². The molecule has 0 bridgehead atoms. The third-order valence-corrected chi connectivity index (χ3v) is 4.64. The quantitative estimate of drug-likeness (QED) is 0.652. The van der Waals surface area contributed by atoms with Crippen molar-refractivity contribution in [3.05, 3.63) is 76.8 Å². The molecule has 2 aromatic heterocycles. The van der Waals surface area contributed by atoms with Crippen molar-refractivity contribution in [2.75, 3.05) is 0 Å². The molecule has 1 aromatic carbocycles. The van der Waals surface area contributed by atoms with Gasteiger partial charge in [-0.25, -0.2) is 4.39 Å². The molecular weight excluding hydrogens is 405 g/mol. The lowest BCUT2D eigenvalue weighted by atomic mass is 10.0. The summed E-state index contributed by atoms with van der Waals surface area (Å²) in [5.74, 6) is -1.22. The minimum absolute atomic E-state index is 0.0649. The fourth-order valence-corrected chi connectivity index (χ4v) is 3.31. The minimum atomic E-state index is -1.01. The van der Waals surface area contributed by atoms with Crippen molar-refractivity contribution < 1.29 is 14.0 Å². The Balaban J connectivity index is 2.06. The third-order valence-electron chi connectivity index (χ3n) is 4.13. The van der Waals surface area contributed by atoms with Gasteiger partial charge in [-0.1, -0.05) is 22.7 Å². The lowest BCUT2D eigenvalue weighted by Crippen LogP contribution is -2.49. The molecule has 0 radical (unpaired) electrons. The molecule has 0 aliphatic heterocycles. The number of amides is 2. The molecule has 0 aliphatic rings. The average molecular weight is 428 g/mol. The second-order valence-electron chi connectivity index (χ2n) is 7.75. The van der Waals surface area contributed by atoms with Crippen molar-refractivity contribution in [2.45, 2.75) is 38.9 Å². The van der Waals surface area contributed by atoms with Gasteiger partial charge < -0.3 is 10.2 Å². The summed E-state index contributed by atoms with van der Waals surface area (Å²) in [4.78, 5) is 32.3. The van der Waals surface area contributed by atoms with Crippen molar-refractivity contribution in [2.24, 2.45) is 0 Å². The molecule has 1 atom stereocenters. The number of aromatic nitrogens is 3. The van der Waals surface area contributed by atoms with Crippen LogP contribution in [0.5, 0.6) is 0 Å². The second-order valence-corrected chi connectivity index (χ2v) is 8.36. The molecule has 0 fully saturated rings. The highest BCUT2D eigenvalue weighted by Gasteiger charge is 2.35. The van der Waals surface area contributed by atoms with Gasteiger partial charge in [-0.15, -0.1) is 5.10 Å². The maximum Gasteiger partial charge on any atom is 0.276 e. The van der Waals surface area contributed by atoms with Crippen molar-refractivity contribution in [3.63, 3.8) is 0 Å². The molecule has 9 heteroatoms. The van der Waals surface area contributed by atoms with Crippen LogP contribution < -0.4 is 5.32 Å². The molecule has 1 N–H and O–H groups in total. The van der Waals surface area contributed by atoms with Crippen LogP contribution in [0.1, 0.15) is 48.6 Å². The Labute approximate surface area is 178 Å². The zero-order chi connectivity index (χ0) is 21.7. The fraction of sp³-hybridized carbons (Fsp3) is 0.286. The van der Waals surface area contributed by atoms with Gasteiger partial charge in [-0.2, -0.15) is 0 Å². The highest BCUT2D eigenvalue weighted by Crippen LogP contribution is 2.25. The Bertz CT molecular complexity index is 988. The molecule has 0 spiro atoms. The van der Waals surface area contributed by atoms with E-state index in [-0.39, 0.29) is 24.0 Å². The summed E-state index contributed by atoms with van der Waals surface area (Å²) in [7, 11) is 0. The van der Waals surface area contributed by atoms with Gasteiger partial charge in [0, 0.05) is 23.7 Å². The largest absolute Gasteiger partial charge is 0.349 e. The van der Waals surface area contributed by atoms with Crippen LogP contribution in [-0.2, 0) is 11.3 Å². The molecule has 3 aromatic rings. The van der Waals surface area contributed by atoms with Crippen LogP contribution in [0.2, 0.25) is 0 Å². The number of nitrogens with one attached hydrogen (secondary N) is 1. The van der Waals surface area contributed by atoms with Crippen LogP contribution in [0, 0.1) is 5.82 Å². The zero-order valence-corrected chi connectivity index (χ0v) is 17.7. The lowest BCUT2D eigenvalue weighted by Gasteiger charge is -2.32. The van der Waals surface area contributed by atoms with Crippen LogP contribution in [0.4, 0.5) is 4.39 Å². The van der Waals surface area contributed by atoms with Gasteiger partial charge in [0.2, 0.25) is 5.91 Å². The highest BCUT2D eigenvalue weighted by molar-refractivity contribution is 7.03. The molecule has 7 nitrogen and oxygen atoms in total. The Morgan fingerprint density at radius 3 is 2.47 bits per heavy atom.